The van der Waals surface area contributed by atoms with E-state index in [0.29, 0.717) is 47.9 Å². The summed E-state index contributed by atoms with van der Waals surface area (Å²) in [6.07, 6.45) is 3.86. The summed E-state index contributed by atoms with van der Waals surface area (Å²) in [6, 6.07) is 10.4. The van der Waals surface area contributed by atoms with E-state index in [4.69, 9.17) is 21.1 Å². The van der Waals surface area contributed by atoms with Gasteiger partial charge in [-0.05, 0) is 24.3 Å². The van der Waals surface area contributed by atoms with Crippen molar-refractivity contribution in [1.82, 2.24) is 19.2 Å². The molecule has 45 heavy (non-hydrogen) atoms. The van der Waals surface area contributed by atoms with Gasteiger partial charge in [0.25, 0.3) is 20.2 Å². The lowest BCUT2D eigenvalue weighted by molar-refractivity contribution is 0.251. The lowest BCUT2D eigenvalue weighted by Crippen LogP contribution is -2.25. The number of ether oxygens (including phenoxy) is 2. The number of nitrogen functional groups attached to an aromatic ring is 2. The number of nitrogens with one attached hydrogen (secondary N) is 2. The minimum Gasteiger partial charge on any atom is -0.493 e. The Balaban J connectivity index is 0.000000251. The predicted molar refractivity (Wildman–Crippen MR) is 169 cm³/mol. The average molecular weight is 693 g/mol. The molecule has 2 aromatic heterocycles. The van der Waals surface area contributed by atoms with Gasteiger partial charge in [-0.15, -0.1) is 0 Å². The summed E-state index contributed by atoms with van der Waals surface area (Å²) in [6.45, 7) is 0.736. The fourth-order valence-corrected chi connectivity index (χ4v) is 5.02. The molecule has 250 valence electrons. The minimum absolute atomic E-state index is 0.0127. The number of sulfonamides is 1. The molecule has 18 nitrogen and oxygen atoms in total. The third-order valence-corrected chi connectivity index (χ3v) is 7.37. The molecular formula is C24H36N8O10S3. The van der Waals surface area contributed by atoms with Crippen molar-refractivity contribution < 1.29 is 43.1 Å². The van der Waals surface area contributed by atoms with E-state index in [-0.39, 0.29) is 25.8 Å². The van der Waals surface area contributed by atoms with Crippen LogP contribution >= 0.6 is 0 Å². The van der Waals surface area contributed by atoms with Crippen molar-refractivity contribution in [2.75, 3.05) is 61.2 Å². The molecule has 0 radical (unpaired) electrons. The molecule has 0 saturated heterocycles. The van der Waals surface area contributed by atoms with E-state index < -0.39 is 30.3 Å². The first-order valence-electron chi connectivity index (χ1n) is 13.1. The predicted octanol–water partition coefficient (Wildman–Crippen LogP) is 0.471. The molecule has 0 atom stereocenters. The van der Waals surface area contributed by atoms with E-state index in [1.165, 1.54) is 4.68 Å². The number of fused-ring (bicyclic) bond motifs is 2. The summed E-state index contributed by atoms with van der Waals surface area (Å²) in [7, 11) is -8.54. The second kappa shape index (κ2) is 14.9. The van der Waals surface area contributed by atoms with Crippen LogP contribution in [0, 0.1) is 0 Å². The SMILES string of the molecule is CS(=O)(=O)Nc1nc2ccc(OCCCOS(C)(=O)=O)cc2n1NN.Cn1c(N)nc2ccc(OCCCOS(C)(=O)=O)cc21. The Kier molecular flexibility index (Phi) is 11.8. The topological polar surface area (TPSA) is 251 Å². The molecule has 0 amide bonds. The van der Waals surface area contributed by atoms with E-state index in [9.17, 15) is 25.3 Å². The van der Waals surface area contributed by atoms with Crippen LogP contribution in [-0.2, 0) is 45.7 Å². The molecule has 4 aromatic rings. The molecule has 0 aliphatic carbocycles. The van der Waals surface area contributed by atoms with Crippen molar-refractivity contribution in [3.05, 3.63) is 36.4 Å². The summed E-state index contributed by atoms with van der Waals surface area (Å²) >= 11 is 0. The number of hydrogen-bond donors (Lipinski definition) is 4. The van der Waals surface area contributed by atoms with Crippen LogP contribution in [0.4, 0.5) is 11.9 Å². The zero-order valence-electron chi connectivity index (χ0n) is 25.0. The molecule has 0 bridgehead atoms. The molecule has 21 heteroatoms. The minimum atomic E-state index is -3.52. The van der Waals surface area contributed by atoms with E-state index in [2.05, 4.69) is 28.6 Å². The zero-order valence-corrected chi connectivity index (χ0v) is 27.4. The Morgan fingerprint density at radius 1 is 0.756 bits per heavy atom. The number of nitrogens with two attached hydrogens (primary N) is 2. The molecule has 0 unspecified atom stereocenters. The monoisotopic (exact) mass is 692 g/mol. The maximum absolute atomic E-state index is 11.4. The normalized spacial score (nSPS) is 12.1. The van der Waals surface area contributed by atoms with E-state index >= 15 is 0 Å². The van der Waals surface area contributed by atoms with Gasteiger partial charge in [-0.3, -0.25) is 18.6 Å². The number of benzene rings is 2. The number of hydrazine groups is 1. The maximum atomic E-state index is 11.4. The molecule has 2 aromatic carbocycles. The molecule has 0 aliphatic rings. The average Bonchev–Trinajstić information content (AvgIpc) is 3.40. The largest absolute Gasteiger partial charge is 0.493 e. The van der Waals surface area contributed by atoms with Crippen LogP contribution < -0.4 is 31.3 Å². The van der Waals surface area contributed by atoms with Gasteiger partial charge in [-0.25, -0.2) is 28.9 Å². The van der Waals surface area contributed by atoms with Crippen LogP contribution in [0.2, 0.25) is 0 Å². The Hall–Kier alpha value is -3.89. The first kappa shape index (κ1) is 35.6. The van der Waals surface area contributed by atoms with Gasteiger partial charge >= 0.3 is 0 Å². The number of nitrogens with zero attached hydrogens (tertiary/aromatic N) is 4. The Morgan fingerprint density at radius 3 is 1.71 bits per heavy atom. The fourth-order valence-electron chi connectivity index (χ4n) is 3.71. The van der Waals surface area contributed by atoms with Crippen LogP contribution in [0.25, 0.3) is 22.1 Å². The lowest BCUT2D eigenvalue weighted by Gasteiger charge is -2.09. The highest BCUT2D eigenvalue weighted by Crippen LogP contribution is 2.24. The third-order valence-electron chi connectivity index (χ3n) is 5.63. The second-order valence-corrected chi connectivity index (χ2v) is 14.6. The molecule has 0 spiro atoms. The number of aryl methyl sites for hydroxylation is 1. The fraction of sp³-hybridized carbons (Fsp3) is 0.417. The third kappa shape index (κ3) is 11.5. The Bertz CT molecular complexity index is 1940. The van der Waals surface area contributed by atoms with Crippen LogP contribution in [0.1, 0.15) is 12.8 Å². The van der Waals surface area contributed by atoms with Crippen molar-refractivity contribution in [1.29, 1.82) is 0 Å². The van der Waals surface area contributed by atoms with Gasteiger partial charge < -0.3 is 19.8 Å². The van der Waals surface area contributed by atoms with Crippen LogP contribution in [0.5, 0.6) is 11.5 Å². The summed E-state index contributed by atoms with van der Waals surface area (Å²) in [5.41, 5.74) is 10.7. The molecular weight excluding hydrogens is 657 g/mol. The van der Waals surface area contributed by atoms with Gasteiger partial charge in [-0.2, -0.15) is 16.8 Å². The number of anilines is 2. The number of aromatic nitrogens is 4. The number of rotatable bonds is 15. The summed E-state index contributed by atoms with van der Waals surface area (Å²) in [5, 5.41) is 0. The first-order chi connectivity index (χ1) is 21.0. The van der Waals surface area contributed by atoms with Crippen LogP contribution in [0.15, 0.2) is 36.4 Å². The van der Waals surface area contributed by atoms with Crippen LogP contribution in [-0.4, -0.2) is 89.7 Å². The highest BCUT2D eigenvalue weighted by Gasteiger charge is 2.14. The maximum Gasteiger partial charge on any atom is 0.264 e. The van der Waals surface area contributed by atoms with Gasteiger partial charge in [0.05, 0.1) is 67.3 Å². The van der Waals surface area contributed by atoms with Gasteiger partial charge in [-0.1, -0.05) is 0 Å². The van der Waals surface area contributed by atoms with Crippen molar-refractivity contribution in [2.24, 2.45) is 12.9 Å². The highest BCUT2D eigenvalue weighted by molar-refractivity contribution is 7.92. The molecule has 0 aliphatic heterocycles. The van der Waals surface area contributed by atoms with Gasteiger partial charge in [0.1, 0.15) is 11.5 Å². The van der Waals surface area contributed by atoms with Gasteiger partial charge in [0.15, 0.2) is 0 Å². The van der Waals surface area contributed by atoms with E-state index in [1.807, 2.05) is 19.2 Å². The Labute approximate surface area is 260 Å². The first-order valence-corrected chi connectivity index (χ1v) is 18.6. The summed E-state index contributed by atoms with van der Waals surface area (Å²) < 4.78 is 91.5. The molecule has 4 rings (SSSR count). The molecule has 6 N–H and O–H groups in total. The van der Waals surface area contributed by atoms with Crippen LogP contribution in [0.3, 0.4) is 0 Å². The van der Waals surface area contributed by atoms with Gasteiger partial charge in [0.2, 0.25) is 21.9 Å². The molecule has 2 heterocycles. The van der Waals surface area contributed by atoms with E-state index in [1.54, 1.807) is 28.8 Å². The Morgan fingerprint density at radius 2 is 1.24 bits per heavy atom. The number of imidazole rings is 2. The van der Waals surface area contributed by atoms with Crippen molar-refractivity contribution in [2.45, 2.75) is 12.8 Å². The summed E-state index contributed by atoms with van der Waals surface area (Å²) in [4.78, 5) is 8.32. The van der Waals surface area contributed by atoms with Crippen molar-refractivity contribution in [3.63, 3.8) is 0 Å². The van der Waals surface area contributed by atoms with Gasteiger partial charge in [0, 0.05) is 32.0 Å². The molecule has 0 saturated carbocycles. The second-order valence-electron chi connectivity index (χ2n) is 9.56. The molecule has 0 fully saturated rings. The standard InChI is InChI=1S/C12H19N5O6S2.C12H17N3O4S/c1-24(18,19)15-12-14-10-5-4-9(8-11(10)17(12)16-13)22-6-3-7-23-25(2,20)21;1-15-11-8-9(4-5-10(11)14-12(15)13)18-6-3-7-19-20(2,16)17/h4-5,8,16H,3,6-7,13H2,1-2H3,(H,14,15);4-5,8H,3,6-7H2,1-2H3,(H2,13,14). The summed E-state index contributed by atoms with van der Waals surface area (Å²) in [5.74, 6) is 7.05. The number of hydrogen-bond acceptors (Lipinski definition) is 15. The van der Waals surface area contributed by atoms with Crippen molar-refractivity contribution >= 4 is 64.2 Å². The smallest absolute Gasteiger partial charge is 0.264 e. The highest BCUT2D eigenvalue weighted by atomic mass is 32.2. The quantitative estimate of drug-likeness (QED) is 0.0572. The lowest BCUT2D eigenvalue weighted by atomic mass is 10.3. The van der Waals surface area contributed by atoms with Crippen molar-refractivity contribution in [3.8, 4) is 11.5 Å². The van der Waals surface area contributed by atoms with E-state index in [0.717, 1.165) is 29.8 Å². The zero-order chi connectivity index (χ0) is 33.4.